The molecule has 2 bridgehead atoms. The van der Waals surface area contributed by atoms with Crippen LogP contribution in [0, 0.1) is 16.7 Å². The number of sulfonamides is 1. The fraction of sp³-hybridized carbons (Fsp3) is 0.500. The molecule has 2 aromatic carbocycles. The Morgan fingerprint density at radius 1 is 1.17 bits per heavy atom. The van der Waals surface area contributed by atoms with Crippen molar-refractivity contribution in [1.29, 1.82) is 0 Å². The van der Waals surface area contributed by atoms with Crippen molar-refractivity contribution in [2.45, 2.75) is 52.0 Å². The van der Waals surface area contributed by atoms with Crippen molar-refractivity contribution in [3.05, 3.63) is 48.4 Å². The average Bonchev–Trinajstić information content (AvgIpc) is 3.59. The molecule has 0 radical (unpaired) electrons. The number of oxazole rings is 1. The highest BCUT2D eigenvalue weighted by Crippen LogP contribution is 2.64. The van der Waals surface area contributed by atoms with Crippen LogP contribution < -0.4 is 4.74 Å². The lowest BCUT2D eigenvalue weighted by atomic mass is 9.70. The Hall–Kier alpha value is -2.71. The molecule has 1 aromatic heterocycles. The lowest BCUT2D eigenvalue weighted by molar-refractivity contribution is -0.128. The van der Waals surface area contributed by atoms with Crippen molar-refractivity contribution in [1.82, 2.24) is 9.29 Å². The monoisotopic (exact) mass is 508 g/mol. The van der Waals surface area contributed by atoms with Crippen LogP contribution in [-0.2, 0) is 14.8 Å². The third-order valence-electron chi connectivity index (χ3n) is 9.24. The third kappa shape index (κ3) is 3.37. The normalized spacial score (nSPS) is 27.8. The van der Waals surface area contributed by atoms with Gasteiger partial charge < -0.3 is 9.15 Å². The molecular weight excluding hydrogens is 476 g/mol. The number of ether oxygens (including phenoxy) is 1. The van der Waals surface area contributed by atoms with Crippen LogP contribution in [0.1, 0.15) is 57.9 Å². The molecule has 1 aliphatic heterocycles. The predicted octanol–water partition coefficient (Wildman–Crippen LogP) is 5.37. The quantitative estimate of drug-likeness (QED) is 0.445. The first kappa shape index (κ1) is 23.7. The summed E-state index contributed by atoms with van der Waals surface area (Å²) in [4.78, 5) is 17.7. The lowest BCUT2D eigenvalue weighted by Crippen LogP contribution is -2.46. The van der Waals surface area contributed by atoms with Crippen LogP contribution in [0.4, 0.5) is 0 Å². The van der Waals surface area contributed by atoms with Gasteiger partial charge in [-0.05, 0) is 60.8 Å². The van der Waals surface area contributed by atoms with Crippen molar-refractivity contribution in [3.63, 3.8) is 0 Å². The molecule has 2 unspecified atom stereocenters. The molecule has 3 fully saturated rings. The fourth-order valence-electron chi connectivity index (χ4n) is 6.96. The summed E-state index contributed by atoms with van der Waals surface area (Å²) in [7, 11) is -2.05. The van der Waals surface area contributed by atoms with Gasteiger partial charge in [0.15, 0.2) is 5.58 Å². The van der Waals surface area contributed by atoms with Gasteiger partial charge in [0.25, 0.3) is 0 Å². The average molecular weight is 509 g/mol. The summed E-state index contributed by atoms with van der Waals surface area (Å²) in [5, 5.41) is 0. The van der Waals surface area contributed by atoms with Crippen molar-refractivity contribution < 1.29 is 22.4 Å². The van der Waals surface area contributed by atoms with Crippen molar-refractivity contribution in [2.24, 2.45) is 16.7 Å². The Morgan fingerprint density at radius 3 is 2.69 bits per heavy atom. The first-order valence-corrected chi connectivity index (χ1v) is 14.3. The van der Waals surface area contributed by atoms with E-state index in [9.17, 15) is 13.2 Å². The second kappa shape index (κ2) is 8.15. The summed E-state index contributed by atoms with van der Waals surface area (Å²) in [6.45, 7) is 4.58. The van der Waals surface area contributed by atoms with Gasteiger partial charge in [0.2, 0.25) is 15.9 Å². The molecule has 3 aliphatic rings. The summed E-state index contributed by atoms with van der Waals surface area (Å²) < 4.78 is 40.8. The summed E-state index contributed by atoms with van der Waals surface area (Å²) in [6.07, 6.45) is 3.49. The molecule has 190 valence electrons. The van der Waals surface area contributed by atoms with E-state index in [2.05, 4.69) is 13.8 Å². The highest BCUT2D eigenvalue weighted by Gasteiger charge is 2.66. The van der Waals surface area contributed by atoms with Gasteiger partial charge in [0.05, 0.1) is 12.9 Å². The van der Waals surface area contributed by atoms with Crippen LogP contribution in [-0.4, -0.2) is 42.9 Å². The Bertz CT molecular complexity index is 1460. The first-order chi connectivity index (χ1) is 17.2. The minimum absolute atomic E-state index is 0.114. The zero-order valence-electron chi connectivity index (χ0n) is 21.0. The molecule has 36 heavy (non-hydrogen) atoms. The number of carbonyl (C=O) groups is 1. The molecular formula is C28H32N2O5S. The molecule has 2 saturated carbocycles. The zero-order valence-corrected chi connectivity index (χ0v) is 21.8. The molecule has 2 aliphatic carbocycles. The van der Waals surface area contributed by atoms with E-state index < -0.39 is 21.5 Å². The van der Waals surface area contributed by atoms with Gasteiger partial charge in [-0.25, -0.2) is 13.4 Å². The van der Waals surface area contributed by atoms with E-state index in [1.165, 1.54) is 0 Å². The summed E-state index contributed by atoms with van der Waals surface area (Å²) in [6, 6.07) is 13.1. The number of methoxy groups -OCH3 is 1. The molecule has 8 heteroatoms. The van der Waals surface area contributed by atoms with Crippen molar-refractivity contribution in [3.8, 4) is 16.9 Å². The SMILES string of the molecule is COc1ccccc1-c1ccc2oc(C3CCCN3S(=O)(=O)C[C@@]34CCC(CC3=O)C4(C)C)nc2c1. The second-order valence-electron chi connectivity index (χ2n) is 11.1. The Labute approximate surface area is 211 Å². The molecule has 2 heterocycles. The third-order valence-corrected chi connectivity index (χ3v) is 11.2. The minimum Gasteiger partial charge on any atom is -0.496 e. The van der Waals surface area contributed by atoms with Crippen LogP contribution in [0.2, 0.25) is 0 Å². The number of Topliss-reactive ketones (excluding diaryl/α,β-unsaturated/α-hetero) is 1. The van der Waals surface area contributed by atoms with Gasteiger partial charge in [-0.15, -0.1) is 0 Å². The van der Waals surface area contributed by atoms with Crippen LogP contribution in [0.3, 0.4) is 0 Å². The van der Waals surface area contributed by atoms with Gasteiger partial charge >= 0.3 is 0 Å². The molecule has 0 amide bonds. The zero-order chi connectivity index (χ0) is 25.3. The van der Waals surface area contributed by atoms with Gasteiger partial charge in [-0.1, -0.05) is 38.1 Å². The van der Waals surface area contributed by atoms with E-state index in [-0.39, 0.29) is 22.9 Å². The van der Waals surface area contributed by atoms with Crippen LogP contribution in [0.15, 0.2) is 46.9 Å². The fourth-order valence-corrected chi connectivity index (χ4v) is 9.42. The largest absolute Gasteiger partial charge is 0.496 e. The number of aromatic nitrogens is 1. The van der Waals surface area contributed by atoms with Crippen molar-refractivity contribution in [2.75, 3.05) is 19.4 Å². The van der Waals surface area contributed by atoms with Crippen LogP contribution in [0.5, 0.6) is 5.75 Å². The molecule has 6 rings (SSSR count). The van der Waals surface area contributed by atoms with Crippen LogP contribution >= 0.6 is 0 Å². The van der Waals surface area contributed by atoms with E-state index in [0.717, 1.165) is 29.7 Å². The van der Waals surface area contributed by atoms with E-state index in [0.29, 0.717) is 42.8 Å². The number of benzene rings is 2. The van der Waals surface area contributed by atoms with E-state index in [1.807, 2.05) is 42.5 Å². The smallest absolute Gasteiger partial charge is 0.215 e. The maximum absolute atomic E-state index is 13.8. The molecule has 0 spiro atoms. The van der Waals surface area contributed by atoms with Gasteiger partial charge in [-0.3, -0.25) is 4.79 Å². The number of para-hydroxylation sites is 1. The summed E-state index contributed by atoms with van der Waals surface area (Å²) in [5.74, 6) is 1.48. The van der Waals surface area contributed by atoms with E-state index >= 15 is 0 Å². The first-order valence-electron chi connectivity index (χ1n) is 12.7. The maximum Gasteiger partial charge on any atom is 0.215 e. The van der Waals surface area contributed by atoms with Gasteiger partial charge in [0, 0.05) is 23.9 Å². The number of hydrogen-bond donors (Lipinski definition) is 0. The Morgan fingerprint density at radius 2 is 1.97 bits per heavy atom. The topological polar surface area (TPSA) is 89.7 Å². The Kier molecular flexibility index (Phi) is 5.36. The highest BCUT2D eigenvalue weighted by atomic mass is 32.2. The highest BCUT2D eigenvalue weighted by molar-refractivity contribution is 7.89. The minimum atomic E-state index is -3.69. The lowest BCUT2D eigenvalue weighted by Gasteiger charge is -2.37. The molecule has 3 aromatic rings. The molecule has 1 saturated heterocycles. The summed E-state index contributed by atoms with van der Waals surface area (Å²) >= 11 is 0. The summed E-state index contributed by atoms with van der Waals surface area (Å²) in [5.41, 5.74) is 2.13. The number of ketones is 1. The number of fused-ring (bicyclic) bond motifs is 3. The van der Waals surface area contributed by atoms with Crippen molar-refractivity contribution >= 4 is 26.9 Å². The van der Waals surface area contributed by atoms with E-state index in [1.54, 1.807) is 11.4 Å². The Balaban J connectivity index is 1.31. The second-order valence-corrected chi connectivity index (χ2v) is 13.0. The van der Waals surface area contributed by atoms with E-state index in [4.69, 9.17) is 14.1 Å². The van der Waals surface area contributed by atoms with Crippen LogP contribution in [0.25, 0.3) is 22.2 Å². The number of carbonyl (C=O) groups excluding carboxylic acids is 1. The van der Waals surface area contributed by atoms with Gasteiger partial charge in [-0.2, -0.15) is 4.31 Å². The maximum atomic E-state index is 13.8. The molecule has 7 nitrogen and oxygen atoms in total. The number of nitrogens with zero attached hydrogens (tertiary/aromatic N) is 2. The molecule has 3 atom stereocenters. The number of hydrogen-bond acceptors (Lipinski definition) is 6. The predicted molar refractivity (Wildman–Crippen MR) is 137 cm³/mol. The molecule has 0 N–H and O–H groups in total. The van der Waals surface area contributed by atoms with Gasteiger partial charge in [0.1, 0.15) is 23.1 Å². The standard InChI is InChI=1S/C28H32N2O5S/c1-27(2)19-12-13-28(27,25(31)16-19)17-36(32,33)30-14-6-8-22(30)26-29-21-15-18(10-11-24(21)35-26)20-7-4-5-9-23(20)34-3/h4-5,7,9-11,15,19,22H,6,8,12-14,16-17H2,1-3H3/t19?,22?,28-/m0/s1. The number of rotatable bonds is 6.